The molecule has 0 spiro atoms. The Labute approximate surface area is 198 Å². The number of nitrogens with zero attached hydrogens (tertiary/aromatic N) is 4. The molecule has 2 heterocycles. The molecule has 1 saturated heterocycles. The highest BCUT2D eigenvalue weighted by atomic mass is 32.2. The van der Waals surface area contributed by atoms with Crippen molar-refractivity contribution in [3.05, 3.63) is 44.6 Å². The quantitative estimate of drug-likeness (QED) is 0.561. The molecule has 186 valence electrons. The maximum atomic E-state index is 13.7. The van der Waals surface area contributed by atoms with Crippen molar-refractivity contribution in [1.82, 2.24) is 13.9 Å². The van der Waals surface area contributed by atoms with E-state index >= 15 is 0 Å². The van der Waals surface area contributed by atoms with E-state index in [9.17, 15) is 22.8 Å². The predicted molar refractivity (Wildman–Crippen MR) is 132 cm³/mol. The molecule has 2 aromatic rings. The van der Waals surface area contributed by atoms with Crippen LogP contribution < -0.4 is 26.8 Å². The van der Waals surface area contributed by atoms with Gasteiger partial charge in [-0.2, -0.15) is 0 Å². The first-order valence-electron chi connectivity index (χ1n) is 11.2. The Morgan fingerprint density at radius 2 is 1.79 bits per heavy atom. The molecule has 3 N–H and O–H groups in total. The number of rotatable bonds is 8. The van der Waals surface area contributed by atoms with E-state index in [1.165, 1.54) is 37.8 Å². The number of carbonyl (C=O) groups is 1. The minimum atomic E-state index is -3.80. The number of aromatic nitrogens is 2. The third-order valence-corrected chi connectivity index (χ3v) is 7.82. The van der Waals surface area contributed by atoms with E-state index in [1.807, 2.05) is 11.8 Å². The monoisotopic (exact) mass is 492 g/mol. The first-order valence-corrected chi connectivity index (χ1v) is 12.7. The molecule has 1 amide bonds. The van der Waals surface area contributed by atoms with E-state index in [0.717, 1.165) is 41.6 Å². The minimum Gasteiger partial charge on any atom is -0.383 e. The summed E-state index contributed by atoms with van der Waals surface area (Å²) in [6.45, 7) is 3.71. The van der Waals surface area contributed by atoms with Crippen molar-refractivity contribution in [3.63, 3.8) is 0 Å². The van der Waals surface area contributed by atoms with E-state index in [0.29, 0.717) is 18.7 Å². The maximum absolute atomic E-state index is 13.7. The molecule has 1 fully saturated rings. The highest BCUT2D eigenvalue weighted by molar-refractivity contribution is 7.89. The summed E-state index contributed by atoms with van der Waals surface area (Å²) >= 11 is 0. The normalized spacial score (nSPS) is 14.1. The Hall–Kier alpha value is -3.12. The lowest BCUT2D eigenvalue weighted by Gasteiger charge is -2.25. The highest BCUT2D eigenvalue weighted by Gasteiger charge is 2.28. The van der Waals surface area contributed by atoms with Crippen LogP contribution in [0.1, 0.15) is 43.0 Å². The molecule has 0 saturated carbocycles. The number of amides is 1. The molecule has 1 aromatic carbocycles. The Kier molecular flexibility index (Phi) is 7.51. The van der Waals surface area contributed by atoms with Gasteiger partial charge in [-0.3, -0.25) is 19.1 Å². The molecule has 1 aliphatic rings. The molecule has 0 unspecified atom stereocenters. The molecule has 34 heavy (non-hydrogen) atoms. The van der Waals surface area contributed by atoms with Gasteiger partial charge in [-0.05, 0) is 37.5 Å². The zero-order valence-electron chi connectivity index (χ0n) is 20.0. The third-order valence-electron chi connectivity index (χ3n) is 6.01. The van der Waals surface area contributed by atoms with Gasteiger partial charge in [0.2, 0.25) is 10.0 Å². The summed E-state index contributed by atoms with van der Waals surface area (Å²) in [7, 11) is 0.419. The highest BCUT2D eigenvalue weighted by Crippen LogP contribution is 2.30. The third kappa shape index (κ3) is 4.73. The van der Waals surface area contributed by atoms with Gasteiger partial charge in [0.05, 0.1) is 10.5 Å². The van der Waals surface area contributed by atoms with E-state index < -0.39 is 27.2 Å². The van der Waals surface area contributed by atoms with Crippen LogP contribution in [0.4, 0.5) is 17.2 Å². The van der Waals surface area contributed by atoms with Crippen LogP contribution in [0.2, 0.25) is 0 Å². The smallest absolute Gasteiger partial charge is 0.330 e. The first kappa shape index (κ1) is 25.5. The van der Waals surface area contributed by atoms with Crippen molar-refractivity contribution in [3.8, 4) is 0 Å². The lowest BCUT2D eigenvalue weighted by atomic mass is 10.1. The second-order valence-corrected chi connectivity index (χ2v) is 10.7. The Morgan fingerprint density at radius 3 is 2.38 bits per heavy atom. The van der Waals surface area contributed by atoms with Crippen LogP contribution in [0.25, 0.3) is 0 Å². The average Bonchev–Trinajstić information content (AvgIpc) is 3.32. The average molecular weight is 493 g/mol. The fourth-order valence-corrected chi connectivity index (χ4v) is 4.94. The van der Waals surface area contributed by atoms with Gasteiger partial charge in [0.1, 0.15) is 5.82 Å². The summed E-state index contributed by atoms with van der Waals surface area (Å²) < 4.78 is 27.8. The zero-order valence-corrected chi connectivity index (χ0v) is 20.8. The number of anilines is 3. The molecule has 1 aromatic heterocycles. The van der Waals surface area contributed by atoms with E-state index in [4.69, 9.17) is 5.73 Å². The number of nitrogens with one attached hydrogen (secondary N) is 1. The van der Waals surface area contributed by atoms with Crippen molar-refractivity contribution >= 4 is 33.1 Å². The summed E-state index contributed by atoms with van der Waals surface area (Å²) in [4.78, 5) is 43.9. The van der Waals surface area contributed by atoms with Gasteiger partial charge in [-0.15, -0.1) is 0 Å². The van der Waals surface area contributed by atoms with Crippen LogP contribution in [0.3, 0.4) is 0 Å². The van der Waals surface area contributed by atoms with Crippen molar-refractivity contribution < 1.29 is 13.2 Å². The molecule has 12 heteroatoms. The van der Waals surface area contributed by atoms with Crippen LogP contribution in [-0.2, 0) is 16.6 Å². The zero-order chi connectivity index (χ0) is 25.2. The second kappa shape index (κ2) is 10.0. The van der Waals surface area contributed by atoms with Gasteiger partial charge in [0.25, 0.3) is 11.5 Å². The van der Waals surface area contributed by atoms with Gasteiger partial charge in [0.15, 0.2) is 5.69 Å². The lowest BCUT2D eigenvalue weighted by molar-refractivity contribution is 0.0993. The van der Waals surface area contributed by atoms with Gasteiger partial charge in [-0.1, -0.05) is 13.3 Å². The molecule has 11 nitrogen and oxygen atoms in total. The molecular formula is C22H32N6O5S. The molecule has 0 bridgehead atoms. The summed E-state index contributed by atoms with van der Waals surface area (Å²) in [5.74, 6) is -0.714. The van der Waals surface area contributed by atoms with Gasteiger partial charge < -0.3 is 15.5 Å². The van der Waals surface area contributed by atoms with Gasteiger partial charge in [0, 0.05) is 46.5 Å². The number of carbonyl (C=O) groups excluding carboxylic acids is 1. The maximum Gasteiger partial charge on any atom is 0.330 e. The Morgan fingerprint density at radius 1 is 1.15 bits per heavy atom. The molecule has 0 atom stereocenters. The summed E-state index contributed by atoms with van der Waals surface area (Å²) in [5.41, 5.74) is 5.31. The van der Waals surface area contributed by atoms with Crippen molar-refractivity contribution in [1.29, 1.82) is 0 Å². The predicted octanol–water partition coefficient (Wildman–Crippen LogP) is 1.05. The van der Waals surface area contributed by atoms with Gasteiger partial charge >= 0.3 is 5.69 Å². The fraction of sp³-hybridized carbons (Fsp3) is 0.500. The molecule has 0 aliphatic carbocycles. The number of sulfonamides is 1. The summed E-state index contributed by atoms with van der Waals surface area (Å²) in [6.07, 6.45) is 3.38. The molecular weight excluding hydrogens is 460 g/mol. The summed E-state index contributed by atoms with van der Waals surface area (Å²) in [5, 5.41) is 0. The van der Waals surface area contributed by atoms with Crippen molar-refractivity contribution in [2.75, 3.05) is 49.8 Å². The first-order chi connectivity index (χ1) is 16.0. The molecule has 1 aliphatic heterocycles. The van der Waals surface area contributed by atoms with E-state index in [2.05, 4.69) is 4.98 Å². The number of H-pyrrole nitrogens is 1. The number of unbranched alkanes of at least 4 members (excludes halogenated alkanes) is 1. The number of nitrogens with two attached hydrogens (primary N) is 1. The fourth-order valence-electron chi connectivity index (χ4n) is 4.01. The van der Waals surface area contributed by atoms with Crippen molar-refractivity contribution in [2.24, 2.45) is 0 Å². The number of hydrogen-bond donors (Lipinski definition) is 2. The van der Waals surface area contributed by atoms with Crippen LogP contribution in [0, 0.1) is 0 Å². The van der Waals surface area contributed by atoms with Crippen molar-refractivity contribution in [2.45, 2.75) is 44.0 Å². The topological polar surface area (TPSA) is 142 Å². The Bertz CT molecular complexity index is 1290. The minimum absolute atomic E-state index is 0.0352. The molecule has 0 radical (unpaired) electrons. The van der Waals surface area contributed by atoms with Crippen LogP contribution in [0.15, 0.2) is 32.7 Å². The standard InChI is InChI=1S/C22H32N6O5S/c1-5-6-13-28-19(23)18(20(29)24-22(28)31)26(4)21(30)16-14-15(34(32,33)25(2)3)9-10-17(16)27-11-7-8-12-27/h9-10,14H,5-8,11-13,23H2,1-4H3,(H,24,29,31). The lowest BCUT2D eigenvalue weighted by Crippen LogP contribution is -2.39. The Balaban J connectivity index is 2.15. The SMILES string of the molecule is CCCCn1c(N)c(N(C)C(=O)c2cc(S(=O)(=O)N(C)C)ccc2N2CCCC2)c(=O)[nH]c1=O. The number of benzene rings is 1. The summed E-state index contributed by atoms with van der Waals surface area (Å²) in [6, 6.07) is 4.43. The van der Waals surface area contributed by atoms with Crippen LogP contribution in [0.5, 0.6) is 0 Å². The number of nitrogen functional groups attached to an aromatic ring is 1. The number of aromatic amines is 1. The molecule has 3 rings (SSSR count). The largest absolute Gasteiger partial charge is 0.383 e. The van der Waals surface area contributed by atoms with E-state index in [-0.39, 0.29) is 22.0 Å². The van der Waals surface area contributed by atoms with Crippen LogP contribution >= 0.6 is 0 Å². The number of hydrogen-bond acceptors (Lipinski definition) is 7. The van der Waals surface area contributed by atoms with Crippen LogP contribution in [-0.4, -0.2) is 62.4 Å². The second-order valence-electron chi connectivity index (χ2n) is 8.52. The van der Waals surface area contributed by atoms with Gasteiger partial charge in [-0.25, -0.2) is 17.5 Å². The van der Waals surface area contributed by atoms with E-state index in [1.54, 1.807) is 6.07 Å².